The summed E-state index contributed by atoms with van der Waals surface area (Å²) >= 11 is 0. The Hall–Kier alpha value is -0.860. The van der Waals surface area contributed by atoms with Crippen molar-refractivity contribution in [3.63, 3.8) is 0 Å². The van der Waals surface area contributed by atoms with Crippen LogP contribution in [0.3, 0.4) is 0 Å². The number of hydrogen-bond acceptors (Lipinski definition) is 2. The maximum atomic E-state index is 6.17. The summed E-state index contributed by atoms with van der Waals surface area (Å²) < 4.78 is 12.0. The normalized spacial score (nSPS) is 31.1. The largest absolute Gasteiger partial charge is 0.379 e. The molecule has 1 aromatic rings. The lowest BCUT2D eigenvalue weighted by molar-refractivity contribution is -0.0139. The van der Waals surface area contributed by atoms with Gasteiger partial charge in [-0.2, -0.15) is 0 Å². The molecule has 2 heteroatoms. The van der Waals surface area contributed by atoms with Crippen LogP contribution in [0.2, 0.25) is 0 Å². The van der Waals surface area contributed by atoms with Crippen molar-refractivity contribution in [1.29, 1.82) is 0 Å². The van der Waals surface area contributed by atoms with Gasteiger partial charge in [0.15, 0.2) is 0 Å². The van der Waals surface area contributed by atoms with Gasteiger partial charge in [-0.25, -0.2) is 0 Å². The zero-order valence-corrected chi connectivity index (χ0v) is 15.5. The average Bonchev–Trinajstić information content (AvgIpc) is 2.63. The highest BCUT2D eigenvalue weighted by Crippen LogP contribution is 2.39. The van der Waals surface area contributed by atoms with Gasteiger partial charge in [0.2, 0.25) is 0 Å². The summed E-state index contributed by atoms with van der Waals surface area (Å²) in [5, 5.41) is 0. The van der Waals surface area contributed by atoms with Crippen molar-refractivity contribution in [3.05, 3.63) is 35.4 Å². The molecule has 134 valence electrons. The minimum Gasteiger partial charge on any atom is -0.379 e. The summed E-state index contributed by atoms with van der Waals surface area (Å²) in [5.41, 5.74) is 2.62. The van der Waals surface area contributed by atoms with E-state index in [2.05, 4.69) is 38.1 Å². The minimum atomic E-state index is 0.474. The molecule has 0 spiro atoms. The molecule has 0 amide bonds. The van der Waals surface area contributed by atoms with Gasteiger partial charge in [0.1, 0.15) is 0 Å². The fourth-order valence-electron chi connectivity index (χ4n) is 4.59. The molecule has 24 heavy (non-hydrogen) atoms. The smallest absolute Gasteiger partial charge is 0.0720 e. The first kappa shape index (κ1) is 17.9. The summed E-state index contributed by atoms with van der Waals surface area (Å²) in [6.07, 6.45) is 11.6. The van der Waals surface area contributed by atoms with Gasteiger partial charge >= 0.3 is 0 Å². The second-order valence-corrected chi connectivity index (χ2v) is 7.83. The lowest BCUT2D eigenvalue weighted by Gasteiger charge is -2.37. The third kappa shape index (κ3) is 5.07. The van der Waals surface area contributed by atoms with Gasteiger partial charge in [-0.05, 0) is 82.6 Å². The molecule has 0 heterocycles. The second kappa shape index (κ2) is 9.01. The molecule has 0 aliphatic heterocycles. The van der Waals surface area contributed by atoms with Gasteiger partial charge < -0.3 is 9.47 Å². The summed E-state index contributed by atoms with van der Waals surface area (Å²) in [6, 6.07) is 8.73. The Balaban J connectivity index is 1.36. The molecule has 2 aliphatic carbocycles. The number of ether oxygens (including phenoxy) is 2. The molecule has 0 atom stereocenters. The Kier molecular flexibility index (Phi) is 6.74. The molecule has 0 bridgehead atoms. The molecule has 2 aliphatic rings. The minimum absolute atomic E-state index is 0.474. The van der Waals surface area contributed by atoms with E-state index in [1.165, 1.54) is 62.5 Å². The van der Waals surface area contributed by atoms with Crippen molar-refractivity contribution in [2.24, 2.45) is 11.8 Å². The number of hydrogen-bond donors (Lipinski definition) is 0. The van der Waals surface area contributed by atoms with Crippen LogP contribution in [0.5, 0.6) is 0 Å². The van der Waals surface area contributed by atoms with Gasteiger partial charge in [0, 0.05) is 6.61 Å². The van der Waals surface area contributed by atoms with E-state index in [4.69, 9.17) is 9.47 Å². The quantitative estimate of drug-likeness (QED) is 0.669. The lowest BCUT2D eigenvalue weighted by atomic mass is 9.72. The van der Waals surface area contributed by atoms with Crippen LogP contribution in [0.4, 0.5) is 0 Å². The first-order valence-electron chi connectivity index (χ1n) is 10.0. The zero-order valence-electron chi connectivity index (χ0n) is 15.5. The predicted molar refractivity (Wildman–Crippen MR) is 99.1 cm³/mol. The Morgan fingerprint density at radius 2 is 1.25 bits per heavy atom. The van der Waals surface area contributed by atoms with Crippen LogP contribution in [0.15, 0.2) is 24.3 Å². The van der Waals surface area contributed by atoms with Crippen LogP contribution >= 0.6 is 0 Å². The highest BCUT2D eigenvalue weighted by atomic mass is 16.5. The van der Waals surface area contributed by atoms with Crippen LogP contribution in [0.1, 0.15) is 69.4 Å². The fraction of sp³-hybridized carbons (Fsp3) is 0.727. The van der Waals surface area contributed by atoms with Crippen LogP contribution in [-0.4, -0.2) is 18.8 Å². The molecule has 0 unspecified atom stereocenters. The Bertz CT molecular complexity index is 465. The summed E-state index contributed by atoms with van der Waals surface area (Å²) in [5.74, 6) is 1.88. The van der Waals surface area contributed by atoms with E-state index in [0.717, 1.165) is 25.0 Å². The highest BCUT2D eigenvalue weighted by Gasteiger charge is 2.31. The van der Waals surface area contributed by atoms with Crippen LogP contribution in [0, 0.1) is 18.8 Å². The molecular weight excluding hydrogens is 296 g/mol. The van der Waals surface area contributed by atoms with Gasteiger partial charge in [-0.15, -0.1) is 0 Å². The van der Waals surface area contributed by atoms with Crippen molar-refractivity contribution in [2.45, 2.75) is 84.0 Å². The van der Waals surface area contributed by atoms with E-state index in [-0.39, 0.29) is 0 Å². The fourth-order valence-corrected chi connectivity index (χ4v) is 4.59. The Morgan fingerprint density at radius 1 is 0.750 bits per heavy atom. The Labute approximate surface area is 147 Å². The van der Waals surface area contributed by atoms with E-state index in [1.807, 2.05) is 0 Å². The van der Waals surface area contributed by atoms with Crippen molar-refractivity contribution >= 4 is 0 Å². The number of rotatable bonds is 6. The van der Waals surface area contributed by atoms with Crippen molar-refractivity contribution in [1.82, 2.24) is 0 Å². The molecule has 0 radical (unpaired) electrons. The molecular formula is C22H34O2. The standard InChI is InChI=1S/C22H34O2/c1-3-23-21-12-8-19(9-13-21)20-10-14-22(15-11-20)24-16-18-6-4-17(2)5-7-18/h4-7,19-22H,3,8-16H2,1-2H3. The molecule has 0 aromatic heterocycles. The number of benzene rings is 1. The predicted octanol–water partition coefficient (Wildman–Crippen LogP) is 5.67. The van der Waals surface area contributed by atoms with E-state index < -0.39 is 0 Å². The van der Waals surface area contributed by atoms with Crippen LogP contribution in [-0.2, 0) is 16.1 Å². The van der Waals surface area contributed by atoms with Gasteiger partial charge in [-0.1, -0.05) is 29.8 Å². The Morgan fingerprint density at radius 3 is 1.75 bits per heavy atom. The molecule has 3 rings (SSSR count). The average molecular weight is 331 g/mol. The first-order chi connectivity index (χ1) is 11.7. The highest BCUT2D eigenvalue weighted by molar-refractivity contribution is 5.20. The van der Waals surface area contributed by atoms with Gasteiger partial charge in [0.25, 0.3) is 0 Å². The molecule has 2 fully saturated rings. The van der Waals surface area contributed by atoms with E-state index >= 15 is 0 Å². The van der Waals surface area contributed by atoms with Gasteiger partial charge in [-0.3, -0.25) is 0 Å². The maximum absolute atomic E-state index is 6.17. The van der Waals surface area contributed by atoms with Crippen molar-refractivity contribution < 1.29 is 9.47 Å². The van der Waals surface area contributed by atoms with Crippen molar-refractivity contribution in [3.8, 4) is 0 Å². The van der Waals surface area contributed by atoms with Crippen LogP contribution in [0.25, 0.3) is 0 Å². The lowest BCUT2D eigenvalue weighted by Crippen LogP contribution is -2.30. The monoisotopic (exact) mass is 330 g/mol. The number of aryl methyl sites for hydroxylation is 1. The molecule has 0 N–H and O–H groups in total. The van der Waals surface area contributed by atoms with Gasteiger partial charge in [0.05, 0.1) is 18.8 Å². The second-order valence-electron chi connectivity index (χ2n) is 7.83. The van der Waals surface area contributed by atoms with Crippen LogP contribution < -0.4 is 0 Å². The van der Waals surface area contributed by atoms with E-state index in [9.17, 15) is 0 Å². The third-order valence-electron chi connectivity index (χ3n) is 6.11. The zero-order chi connectivity index (χ0) is 16.8. The van der Waals surface area contributed by atoms with E-state index in [0.29, 0.717) is 12.2 Å². The summed E-state index contributed by atoms with van der Waals surface area (Å²) in [7, 11) is 0. The SMILES string of the molecule is CCOC1CCC(C2CCC(OCc3ccc(C)cc3)CC2)CC1. The maximum Gasteiger partial charge on any atom is 0.0720 e. The summed E-state index contributed by atoms with van der Waals surface area (Å²) in [6.45, 7) is 5.89. The molecule has 0 saturated heterocycles. The topological polar surface area (TPSA) is 18.5 Å². The molecule has 1 aromatic carbocycles. The third-order valence-corrected chi connectivity index (χ3v) is 6.11. The molecule has 2 saturated carbocycles. The molecule has 2 nitrogen and oxygen atoms in total. The first-order valence-corrected chi connectivity index (χ1v) is 10.0. The van der Waals surface area contributed by atoms with E-state index in [1.54, 1.807) is 0 Å². The summed E-state index contributed by atoms with van der Waals surface area (Å²) in [4.78, 5) is 0. The van der Waals surface area contributed by atoms with Crippen molar-refractivity contribution in [2.75, 3.05) is 6.61 Å².